The average molecular weight is 254 g/mol. The first kappa shape index (κ1) is 9.48. The molecule has 0 spiro atoms. The van der Waals surface area contributed by atoms with Crippen LogP contribution in [-0.2, 0) is 0 Å². The minimum Gasteiger partial charge on any atom is -0.384 e. The molecule has 56 valence electrons. The Hall–Kier alpha value is 0.480. The minimum absolute atomic E-state index is 0.218. The first-order chi connectivity index (χ1) is 3.98. The van der Waals surface area contributed by atoms with Crippen molar-refractivity contribution in [3.8, 4) is 0 Å². The summed E-state index contributed by atoms with van der Waals surface area (Å²) in [7, 11) is 0. The molecule has 0 bridgehead atoms. The molecule has 0 amide bonds. The summed E-state index contributed by atoms with van der Waals surface area (Å²) in [5.41, 5.74) is 0. The highest BCUT2D eigenvalue weighted by Gasteiger charge is 2.37. The molecule has 0 unspecified atom stereocenters. The van der Waals surface area contributed by atoms with Gasteiger partial charge in [-0.25, -0.2) is 0 Å². The van der Waals surface area contributed by atoms with E-state index < -0.39 is 12.3 Å². The predicted octanol–water partition coefficient (Wildman–Crippen LogP) is 1.73. The molecule has 5 heteroatoms. The van der Waals surface area contributed by atoms with Crippen LogP contribution in [-0.4, -0.2) is 21.8 Å². The highest BCUT2D eigenvalue weighted by molar-refractivity contribution is 14.1. The van der Waals surface area contributed by atoms with Crippen molar-refractivity contribution in [2.45, 2.75) is 18.7 Å². The van der Waals surface area contributed by atoms with Crippen LogP contribution in [0.1, 0.15) is 6.42 Å². The fourth-order valence-electron chi connectivity index (χ4n) is 0.267. The van der Waals surface area contributed by atoms with Crippen molar-refractivity contribution in [1.82, 2.24) is 0 Å². The average Bonchev–Trinajstić information content (AvgIpc) is 1.64. The molecule has 0 saturated carbocycles. The Balaban J connectivity index is 3.59. The summed E-state index contributed by atoms with van der Waals surface area (Å²) in [5.74, 6) is 0. The molecule has 0 aromatic carbocycles. The number of aliphatic hydroxyl groups is 1. The summed E-state index contributed by atoms with van der Waals surface area (Å²) in [6.07, 6.45) is -6.80. The minimum atomic E-state index is -4.44. The van der Waals surface area contributed by atoms with Crippen LogP contribution in [0.15, 0.2) is 0 Å². The second-order valence-corrected chi connectivity index (χ2v) is 2.61. The lowest BCUT2D eigenvalue weighted by Crippen LogP contribution is -2.28. The number of hydrogen-bond acceptors (Lipinski definition) is 1. The second kappa shape index (κ2) is 3.60. The van der Waals surface area contributed by atoms with Gasteiger partial charge in [0.1, 0.15) is 0 Å². The highest BCUT2D eigenvalue weighted by Crippen LogP contribution is 2.22. The van der Waals surface area contributed by atoms with E-state index >= 15 is 0 Å². The zero-order chi connectivity index (χ0) is 7.49. The van der Waals surface area contributed by atoms with Crippen LogP contribution < -0.4 is 0 Å². The molecule has 0 aliphatic carbocycles. The van der Waals surface area contributed by atoms with Gasteiger partial charge in [-0.3, -0.25) is 0 Å². The van der Waals surface area contributed by atoms with Crippen molar-refractivity contribution in [3.63, 3.8) is 0 Å². The number of hydrogen-bond donors (Lipinski definition) is 1. The molecule has 0 aromatic heterocycles. The first-order valence-corrected chi connectivity index (χ1v) is 3.81. The molecule has 0 radical (unpaired) electrons. The third-order valence-electron chi connectivity index (χ3n) is 0.760. The van der Waals surface area contributed by atoms with Crippen LogP contribution >= 0.6 is 22.6 Å². The summed E-state index contributed by atoms with van der Waals surface area (Å²) in [6.45, 7) is 0. The van der Waals surface area contributed by atoms with Crippen molar-refractivity contribution < 1.29 is 18.3 Å². The molecule has 0 aliphatic heterocycles. The fourth-order valence-corrected chi connectivity index (χ4v) is 0.857. The maximum absolute atomic E-state index is 11.4. The van der Waals surface area contributed by atoms with Crippen LogP contribution in [0.2, 0.25) is 0 Å². The lowest BCUT2D eigenvalue weighted by molar-refractivity contribution is -0.203. The first-order valence-electron chi connectivity index (χ1n) is 2.29. The van der Waals surface area contributed by atoms with Gasteiger partial charge in [0.25, 0.3) is 0 Å². The van der Waals surface area contributed by atoms with Crippen LogP contribution in [0.3, 0.4) is 0 Å². The Kier molecular flexibility index (Phi) is 3.79. The van der Waals surface area contributed by atoms with Crippen LogP contribution in [0.4, 0.5) is 13.2 Å². The second-order valence-electron chi connectivity index (χ2n) is 1.54. The highest BCUT2D eigenvalue weighted by atomic mass is 127. The largest absolute Gasteiger partial charge is 0.414 e. The molecule has 0 heterocycles. The molecule has 1 atom stereocenters. The van der Waals surface area contributed by atoms with E-state index in [1.54, 1.807) is 22.6 Å². The van der Waals surface area contributed by atoms with E-state index in [0.29, 0.717) is 4.43 Å². The Morgan fingerprint density at radius 1 is 1.44 bits per heavy atom. The van der Waals surface area contributed by atoms with E-state index in [9.17, 15) is 13.2 Å². The molecular weight excluding hydrogens is 248 g/mol. The Labute approximate surface area is 64.4 Å². The molecule has 9 heavy (non-hydrogen) atoms. The van der Waals surface area contributed by atoms with Crippen molar-refractivity contribution in [3.05, 3.63) is 0 Å². The molecule has 1 N–H and O–H groups in total. The van der Waals surface area contributed by atoms with Gasteiger partial charge in [0.2, 0.25) is 0 Å². The zero-order valence-corrected chi connectivity index (χ0v) is 6.61. The molecule has 0 saturated heterocycles. The standard InChI is InChI=1S/C4H6F3IO/c5-4(6,7)3(9)1-2-8/h3,9H,1-2H2/t3-/m1/s1. The summed E-state index contributed by atoms with van der Waals surface area (Å²) < 4.78 is 34.5. The maximum atomic E-state index is 11.4. The van der Waals surface area contributed by atoms with Gasteiger partial charge in [-0.2, -0.15) is 13.2 Å². The van der Waals surface area contributed by atoms with Gasteiger partial charge in [0.05, 0.1) is 0 Å². The van der Waals surface area contributed by atoms with Gasteiger partial charge in [0, 0.05) is 4.43 Å². The third-order valence-corrected chi connectivity index (χ3v) is 1.38. The molecular formula is C4H6F3IO. The van der Waals surface area contributed by atoms with E-state index in [2.05, 4.69) is 0 Å². The smallest absolute Gasteiger partial charge is 0.384 e. The topological polar surface area (TPSA) is 20.2 Å². The summed E-state index contributed by atoms with van der Waals surface area (Å²) in [6, 6.07) is 0. The van der Waals surface area contributed by atoms with E-state index in [1.807, 2.05) is 0 Å². The zero-order valence-electron chi connectivity index (χ0n) is 4.45. The van der Waals surface area contributed by atoms with Gasteiger partial charge in [-0.1, -0.05) is 22.6 Å². The molecule has 0 aromatic rings. The quantitative estimate of drug-likeness (QED) is 0.587. The van der Waals surface area contributed by atoms with E-state index in [1.165, 1.54) is 0 Å². The number of rotatable bonds is 2. The van der Waals surface area contributed by atoms with E-state index in [4.69, 9.17) is 5.11 Å². The lowest BCUT2D eigenvalue weighted by Gasteiger charge is -2.11. The SMILES string of the molecule is O[C@H](CCI)C(F)(F)F. The summed E-state index contributed by atoms with van der Waals surface area (Å²) >= 11 is 1.78. The number of halogens is 4. The van der Waals surface area contributed by atoms with Crippen molar-refractivity contribution in [2.24, 2.45) is 0 Å². The molecule has 1 nitrogen and oxygen atoms in total. The predicted molar refractivity (Wildman–Crippen MR) is 35.6 cm³/mol. The third kappa shape index (κ3) is 3.96. The van der Waals surface area contributed by atoms with Gasteiger partial charge < -0.3 is 5.11 Å². The number of alkyl halides is 4. The monoisotopic (exact) mass is 254 g/mol. The van der Waals surface area contributed by atoms with Gasteiger partial charge >= 0.3 is 6.18 Å². The Morgan fingerprint density at radius 3 is 2.00 bits per heavy atom. The van der Waals surface area contributed by atoms with Gasteiger partial charge in [0.15, 0.2) is 6.10 Å². The van der Waals surface area contributed by atoms with E-state index in [-0.39, 0.29) is 6.42 Å². The van der Waals surface area contributed by atoms with Crippen LogP contribution in [0.25, 0.3) is 0 Å². The number of aliphatic hydroxyl groups excluding tert-OH is 1. The maximum Gasteiger partial charge on any atom is 0.414 e. The normalized spacial score (nSPS) is 15.7. The van der Waals surface area contributed by atoms with Crippen molar-refractivity contribution >= 4 is 22.6 Å². The van der Waals surface area contributed by atoms with Gasteiger partial charge in [-0.15, -0.1) is 0 Å². The lowest BCUT2D eigenvalue weighted by atomic mass is 10.3. The molecule has 0 aliphatic rings. The van der Waals surface area contributed by atoms with E-state index in [0.717, 1.165) is 0 Å². The van der Waals surface area contributed by atoms with Gasteiger partial charge in [-0.05, 0) is 6.42 Å². The van der Waals surface area contributed by atoms with Crippen molar-refractivity contribution in [1.29, 1.82) is 0 Å². The molecule has 0 fully saturated rings. The van der Waals surface area contributed by atoms with Crippen molar-refractivity contribution in [2.75, 3.05) is 4.43 Å². The summed E-state index contributed by atoms with van der Waals surface area (Å²) in [4.78, 5) is 0. The Morgan fingerprint density at radius 2 is 1.89 bits per heavy atom. The fraction of sp³-hybridized carbons (Fsp3) is 1.00. The molecule has 0 rings (SSSR count). The Bertz CT molecular complexity index is 82.4. The summed E-state index contributed by atoms with van der Waals surface area (Å²) in [5, 5.41) is 8.26. The van der Waals surface area contributed by atoms with Crippen LogP contribution in [0, 0.1) is 0 Å². The van der Waals surface area contributed by atoms with Crippen LogP contribution in [0.5, 0.6) is 0 Å².